The molecule has 0 radical (unpaired) electrons. The molecule has 0 spiro atoms. The van der Waals surface area contributed by atoms with Crippen LogP contribution in [0, 0.1) is 0 Å². The molecule has 148 valence electrons. The lowest BCUT2D eigenvalue weighted by molar-refractivity contribution is -0.121. The van der Waals surface area contributed by atoms with Gasteiger partial charge < -0.3 is 16.0 Å². The molecule has 1 saturated heterocycles. The number of likely N-dealkylation sites (tertiary alicyclic amines) is 1. The first kappa shape index (κ1) is 19.7. The minimum absolute atomic E-state index is 0.171. The molecule has 1 saturated carbocycles. The maximum atomic E-state index is 11.7. The molecule has 2 aliphatic rings. The lowest BCUT2D eigenvalue weighted by Crippen LogP contribution is -2.45. The third-order valence-corrected chi connectivity index (χ3v) is 5.27. The Labute approximate surface area is 162 Å². The van der Waals surface area contributed by atoms with E-state index < -0.39 is 0 Å². The number of nitrogens with one attached hydrogen (secondary N) is 3. The number of rotatable bonds is 9. The molecular formula is C21H33N5O. The molecule has 6 heteroatoms. The number of hydrogen-bond acceptors (Lipinski definition) is 3. The Bertz CT molecular complexity index is 614. The van der Waals surface area contributed by atoms with Gasteiger partial charge in [-0.1, -0.05) is 30.3 Å². The Morgan fingerprint density at radius 3 is 2.74 bits per heavy atom. The van der Waals surface area contributed by atoms with Crippen LogP contribution in [0.5, 0.6) is 0 Å². The van der Waals surface area contributed by atoms with Gasteiger partial charge in [0.15, 0.2) is 5.96 Å². The van der Waals surface area contributed by atoms with Crippen LogP contribution in [-0.4, -0.2) is 55.5 Å². The van der Waals surface area contributed by atoms with Gasteiger partial charge in [0.2, 0.25) is 5.91 Å². The van der Waals surface area contributed by atoms with Crippen LogP contribution in [0.15, 0.2) is 35.3 Å². The summed E-state index contributed by atoms with van der Waals surface area (Å²) in [5.41, 5.74) is 1.37. The number of nitrogens with zero attached hydrogens (tertiary/aromatic N) is 2. The van der Waals surface area contributed by atoms with Gasteiger partial charge in [-0.3, -0.25) is 14.7 Å². The number of hydrogen-bond donors (Lipinski definition) is 3. The topological polar surface area (TPSA) is 68.8 Å². The summed E-state index contributed by atoms with van der Waals surface area (Å²) in [5.74, 6) is 0.994. The summed E-state index contributed by atoms with van der Waals surface area (Å²) in [6, 6.07) is 11.7. The smallest absolute Gasteiger partial charge is 0.220 e. The highest BCUT2D eigenvalue weighted by Crippen LogP contribution is 2.19. The van der Waals surface area contributed by atoms with Crippen molar-refractivity contribution >= 4 is 11.9 Å². The number of carbonyl (C=O) groups excluding carboxylic acids is 1. The molecule has 1 aliphatic carbocycles. The largest absolute Gasteiger partial charge is 0.356 e. The predicted octanol–water partition coefficient (Wildman–Crippen LogP) is 1.87. The summed E-state index contributed by atoms with van der Waals surface area (Å²) in [6.45, 7) is 3.82. The molecule has 3 rings (SSSR count). The number of aliphatic imine (C=N–C) groups is 1. The molecule has 1 atom stereocenters. The van der Waals surface area contributed by atoms with Crippen molar-refractivity contribution in [3.63, 3.8) is 0 Å². The maximum absolute atomic E-state index is 11.7. The second kappa shape index (κ2) is 10.3. The zero-order chi connectivity index (χ0) is 18.9. The molecular weight excluding hydrogens is 338 g/mol. The van der Waals surface area contributed by atoms with E-state index in [0.29, 0.717) is 18.5 Å². The Morgan fingerprint density at radius 2 is 2.00 bits per heavy atom. The van der Waals surface area contributed by atoms with Crippen molar-refractivity contribution in [2.24, 2.45) is 4.99 Å². The van der Waals surface area contributed by atoms with Gasteiger partial charge in [0.05, 0.1) is 0 Å². The van der Waals surface area contributed by atoms with Gasteiger partial charge in [0.1, 0.15) is 0 Å². The molecule has 1 unspecified atom stereocenters. The molecule has 6 nitrogen and oxygen atoms in total. The van der Waals surface area contributed by atoms with E-state index in [9.17, 15) is 4.79 Å². The molecule has 2 fully saturated rings. The fourth-order valence-electron chi connectivity index (χ4n) is 3.57. The van der Waals surface area contributed by atoms with E-state index >= 15 is 0 Å². The lowest BCUT2D eigenvalue weighted by atomic mass is 10.2. The molecule has 27 heavy (non-hydrogen) atoms. The summed E-state index contributed by atoms with van der Waals surface area (Å²) in [5, 5.41) is 9.80. The van der Waals surface area contributed by atoms with Crippen LogP contribution in [0.25, 0.3) is 0 Å². The van der Waals surface area contributed by atoms with Crippen molar-refractivity contribution in [1.82, 2.24) is 20.9 Å². The van der Waals surface area contributed by atoms with E-state index in [0.717, 1.165) is 51.4 Å². The average molecular weight is 372 g/mol. The molecule has 0 aromatic heterocycles. The van der Waals surface area contributed by atoms with Gasteiger partial charge in [-0.05, 0) is 44.2 Å². The van der Waals surface area contributed by atoms with Crippen LogP contribution < -0.4 is 16.0 Å². The van der Waals surface area contributed by atoms with Gasteiger partial charge in [0, 0.05) is 45.2 Å². The molecule has 0 bridgehead atoms. The van der Waals surface area contributed by atoms with Crippen LogP contribution in [0.2, 0.25) is 0 Å². The van der Waals surface area contributed by atoms with Gasteiger partial charge >= 0.3 is 0 Å². The van der Waals surface area contributed by atoms with E-state index in [1.807, 2.05) is 0 Å². The van der Waals surface area contributed by atoms with Crippen LogP contribution in [-0.2, 0) is 11.3 Å². The fourth-order valence-corrected chi connectivity index (χ4v) is 3.57. The van der Waals surface area contributed by atoms with Crippen molar-refractivity contribution in [1.29, 1.82) is 0 Å². The number of guanidine groups is 1. The highest BCUT2D eigenvalue weighted by Gasteiger charge is 2.24. The summed E-state index contributed by atoms with van der Waals surface area (Å²) < 4.78 is 0. The zero-order valence-corrected chi connectivity index (χ0v) is 16.4. The maximum Gasteiger partial charge on any atom is 0.220 e. The van der Waals surface area contributed by atoms with Gasteiger partial charge in [-0.25, -0.2) is 0 Å². The van der Waals surface area contributed by atoms with Gasteiger partial charge in [0.25, 0.3) is 0 Å². The minimum atomic E-state index is 0.171. The first-order chi connectivity index (χ1) is 13.2. The summed E-state index contributed by atoms with van der Waals surface area (Å²) in [4.78, 5) is 18.6. The van der Waals surface area contributed by atoms with E-state index in [-0.39, 0.29) is 5.91 Å². The van der Waals surface area contributed by atoms with Crippen molar-refractivity contribution < 1.29 is 4.79 Å². The van der Waals surface area contributed by atoms with Crippen molar-refractivity contribution in [3.8, 4) is 0 Å². The monoisotopic (exact) mass is 371 g/mol. The highest BCUT2D eigenvalue weighted by molar-refractivity contribution is 5.80. The van der Waals surface area contributed by atoms with E-state index in [2.05, 4.69) is 56.2 Å². The first-order valence-electron chi connectivity index (χ1n) is 10.3. The highest BCUT2D eigenvalue weighted by atomic mass is 16.1. The average Bonchev–Trinajstić information content (AvgIpc) is 3.39. The van der Waals surface area contributed by atoms with Crippen LogP contribution >= 0.6 is 0 Å². The third kappa shape index (κ3) is 6.86. The van der Waals surface area contributed by atoms with Crippen LogP contribution in [0.3, 0.4) is 0 Å². The molecule has 1 aliphatic heterocycles. The zero-order valence-electron chi connectivity index (χ0n) is 16.4. The Kier molecular flexibility index (Phi) is 7.51. The molecule has 1 amide bonds. The van der Waals surface area contributed by atoms with E-state index in [1.165, 1.54) is 18.4 Å². The second-order valence-electron chi connectivity index (χ2n) is 7.58. The Hall–Kier alpha value is -2.08. The molecule has 1 heterocycles. The fraction of sp³-hybridized carbons (Fsp3) is 0.619. The van der Waals surface area contributed by atoms with Crippen molar-refractivity contribution in [2.45, 2.75) is 57.2 Å². The molecule has 1 aromatic carbocycles. The quantitative estimate of drug-likeness (QED) is 0.352. The Morgan fingerprint density at radius 1 is 1.19 bits per heavy atom. The Balaban J connectivity index is 1.33. The van der Waals surface area contributed by atoms with Gasteiger partial charge in [-0.15, -0.1) is 0 Å². The number of benzene rings is 1. The number of amides is 1. The summed E-state index contributed by atoms with van der Waals surface area (Å²) in [7, 11) is 1.80. The first-order valence-corrected chi connectivity index (χ1v) is 10.3. The van der Waals surface area contributed by atoms with Gasteiger partial charge in [-0.2, -0.15) is 0 Å². The predicted molar refractivity (Wildman–Crippen MR) is 110 cm³/mol. The lowest BCUT2D eigenvalue weighted by Gasteiger charge is -2.25. The minimum Gasteiger partial charge on any atom is -0.356 e. The van der Waals surface area contributed by atoms with E-state index in [1.54, 1.807) is 7.05 Å². The van der Waals surface area contributed by atoms with Crippen molar-refractivity contribution in [3.05, 3.63) is 35.9 Å². The van der Waals surface area contributed by atoms with E-state index in [4.69, 9.17) is 0 Å². The molecule has 3 N–H and O–H groups in total. The molecule has 1 aromatic rings. The SMILES string of the molecule is CN=C(NCCCC(=O)NC1CC1)NCC1CCCN1Cc1ccccc1. The normalized spacial score (nSPS) is 20.5. The van der Waals surface area contributed by atoms with Crippen molar-refractivity contribution in [2.75, 3.05) is 26.7 Å². The second-order valence-corrected chi connectivity index (χ2v) is 7.58. The summed E-state index contributed by atoms with van der Waals surface area (Å²) in [6.07, 6.45) is 6.16. The number of carbonyl (C=O) groups is 1. The van der Waals surface area contributed by atoms with Crippen LogP contribution in [0.1, 0.15) is 44.1 Å². The van der Waals surface area contributed by atoms with Crippen LogP contribution in [0.4, 0.5) is 0 Å². The third-order valence-electron chi connectivity index (χ3n) is 5.27. The standard InChI is InChI=1S/C21H33N5O/c1-22-21(23-13-5-10-20(27)25-18-11-12-18)24-15-19-9-6-14-26(19)16-17-7-3-2-4-8-17/h2-4,7-8,18-19H,5-6,9-16H2,1H3,(H,25,27)(H2,22,23,24). The summed E-state index contributed by atoms with van der Waals surface area (Å²) >= 11 is 0.